The summed E-state index contributed by atoms with van der Waals surface area (Å²) in [4.78, 5) is 33.8. The molecule has 0 bridgehead atoms. The van der Waals surface area contributed by atoms with Crippen molar-refractivity contribution in [2.45, 2.75) is 27.3 Å². The third-order valence-electron chi connectivity index (χ3n) is 3.81. The lowest BCUT2D eigenvalue weighted by Crippen LogP contribution is -2.29. The van der Waals surface area contributed by atoms with Crippen LogP contribution in [0.5, 0.6) is 0 Å². The van der Waals surface area contributed by atoms with E-state index >= 15 is 0 Å². The van der Waals surface area contributed by atoms with Crippen molar-refractivity contribution < 1.29 is 14.3 Å². The van der Waals surface area contributed by atoms with Crippen LogP contribution in [0, 0.1) is 13.8 Å². The number of aryl methyl sites for hydroxylation is 1. The highest BCUT2D eigenvalue weighted by atomic mass is 16.5. The molecule has 0 saturated heterocycles. The van der Waals surface area contributed by atoms with E-state index in [2.05, 4.69) is 14.5 Å². The summed E-state index contributed by atoms with van der Waals surface area (Å²) in [7, 11) is 1.69. The van der Waals surface area contributed by atoms with E-state index in [1.165, 1.54) is 0 Å². The highest BCUT2D eigenvalue weighted by molar-refractivity contribution is 5.99. The zero-order valence-electron chi connectivity index (χ0n) is 14.4. The minimum atomic E-state index is -0.498. The molecular formula is C17H22N4O3. The first-order chi connectivity index (χ1) is 11.4. The predicted molar refractivity (Wildman–Crippen MR) is 90.2 cm³/mol. The predicted octanol–water partition coefficient (Wildman–Crippen LogP) is 1.78. The number of likely N-dealkylation sites (N-methyl/N-ethyl adjacent to an activating group) is 1. The van der Waals surface area contributed by atoms with Crippen molar-refractivity contribution in [2.75, 3.05) is 25.1 Å². The highest BCUT2D eigenvalue weighted by Crippen LogP contribution is 2.15. The summed E-state index contributed by atoms with van der Waals surface area (Å²) in [5.74, 6) is -0.273. The van der Waals surface area contributed by atoms with Crippen LogP contribution in [0.4, 0.5) is 5.95 Å². The number of esters is 1. The Bertz CT molecular complexity index is 725. The quantitative estimate of drug-likeness (QED) is 0.569. The number of nitrogens with zero attached hydrogens (tertiary/aromatic N) is 4. The summed E-state index contributed by atoms with van der Waals surface area (Å²) in [6, 6.07) is 3.53. The van der Waals surface area contributed by atoms with Gasteiger partial charge in [0.05, 0.1) is 0 Å². The zero-order valence-corrected chi connectivity index (χ0v) is 14.4. The van der Waals surface area contributed by atoms with Gasteiger partial charge in [0.1, 0.15) is 6.54 Å². The second-order valence-electron chi connectivity index (χ2n) is 5.52. The Hall–Kier alpha value is -2.70. The van der Waals surface area contributed by atoms with Gasteiger partial charge in [0.25, 0.3) is 0 Å². The third-order valence-corrected chi connectivity index (χ3v) is 3.81. The van der Waals surface area contributed by atoms with Crippen LogP contribution < -0.4 is 4.90 Å². The second kappa shape index (κ2) is 7.72. The third kappa shape index (κ3) is 3.98. The number of ketones is 1. The van der Waals surface area contributed by atoms with Gasteiger partial charge in [0, 0.05) is 42.9 Å². The summed E-state index contributed by atoms with van der Waals surface area (Å²) >= 11 is 0. The normalized spacial score (nSPS) is 10.5. The minimum absolute atomic E-state index is 0.0225. The molecule has 2 rings (SSSR count). The van der Waals surface area contributed by atoms with Crippen LogP contribution in [0.3, 0.4) is 0 Å². The van der Waals surface area contributed by atoms with E-state index in [4.69, 9.17) is 4.74 Å². The summed E-state index contributed by atoms with van der Waals surface area (Å²) in [5.41, 5.74) is 2.51. The van der Waals surface area contributed by atoms with Gasteiger partial charge in [-0.1, -0.05) is 0 Å². The van der Waals surface area contributed by atoms with Gasteiger partial charge in [-0.3, -0.25) is 9.59 Å². The number of anilines is 1. The van der Waals surface area contributed by atoms with Gasteiger partial charge in [-0.15, -0.1) is 0 Å². The molecular weight excluding hydrogens is 308 g/mol. The molecule has 0 N–H and O–H groups in total. The zero-order chi connectivity index (χ0) is 17.7. The molecule has 7 heteroatoms. The molecule has 128 valence electrons. The molecule has 0 aliphatic rings. The number of Topliss-reactive ketones (excluding diaryl/α,β-unsaturated/α-hetero) is 1. The lowest BCUT2D eigenvalue weighted by Gasteiger charge is -2.15. The fourth-order valence-electron chi connectivity index (χ4n) is 2.59. The molecule has 0 radical (unpaired) electrons. The molecule has 0 atom stereocenters. The molecule has 0 spiro atoms. The fourth-order valence-corrected chi connectivity index (χ4v) is 2.59. The lowest BCUT2D eigenvalue weighted by molar-refractivity contribution is -0.140. The topological polar surface area (TPSA) is 77.3 Å². The standard InChI is InChI=1S/C17H22N4O3/c1-5-21-12(2)9-14(13(21)3)15(22)11-24-16(23)10-20(4)17-18-7-6-8-19-17/h6-9H,5,10-11H2,1-4H3. The molecule has 0 fully saturated rings. The van der Waals surface area contributed by atoms with E-state index < -0.39 is 5.97 Å². The number of hydrogen-bond acceptors (Lipinski definition) is 6. The Balaban J connectivity index is 1.91. The van der Waals surface area contributed by atoms with Crippen molar-refractivity contribution in [3.05, 3.63) is 41.5 Å². The fraction of sp³-hybridized carbons (Fsp3) is 0.412. The van der Waals surface area contributed by atoms with E-state index in [9.17, 15) is 9.59 Å². The molecule has 24 heavy (non-hydrogen) atoms. The molecule has 2 aromatic rings. The van der Waals surface area contributed by atoms with E-state index in [0.29, 0.717) is 11.5 Å². The number of carbonyl (C=O) groups is 2. The van der Waals surface area contributed by atoms with Gasteiger partial charge in [0.15, 0.2) is 6.61 Å². The molecule has 0 aromatic carbocycles. The largest absolute Gasteiger partial charge is 0.456 e. The first kappa shape index (κ1) is 17.7. The maximum absolute atomic E-state index is 12.3. The second-order valence-corrected chi connectivity index (χ2v) is 5.52. The number of rotatable bonds is 7. The maximum Gasteiger partial charge on any atom is 0.326 e. The summed E-state index contributed by atoms with van der Waals surface area (Å²) < 4.78 is 7.14. The smallest absolute Gasteiger partial charge is 0.326 e. The number of carbonyl (C=O) groups excluding carboxylic acids is 2. The van der Waals surface area contributed by atoms with Crippen molar-refractivity contribution in [2.24, 2.45) is 0 Å². The highest BCUT2D eigenvalue weighted by Gasteiger charge is 2.17. The SMILES string of the molecule is CCn1c(C)cc(C(=O)COC(=O)CN(C)c2ncccn2)c1C. The van der Waals surface area contributed by atoms with Gasteiger partial charge >= 0.3 is 5.97 Å². The van der Waals surface area contributed by atoms with E-state index in [-0.39, 0.29) is 18.9 Å². The van der Waals surface area contributed by atoms with Crippen LogP contribution in [0.1, 0.15) is 28.7 Å². The summed E-state index contributed by atoms with van der Waals surface area (Å²) in [6.07, 6.45) is 3.19. The number of aromatic nitrogens is 3. The van der Waals surface area contributed by atoms with Crippen molar-refractivity contribution in [3.63, 3.8) is 0 Å². The minimum Gasteiger partial charge on any atom is -0.456 e. The Morgan fingerprint density at radius 2 is 1.92 bits per heavy atom. The van der Waals surface area contributed by atoms with E-state index in [1.54, 1.807) is 30.4 Å². The van der Waals surface area contributed by atoms with Gasteiger partial charge in [0.2, 0.25) is 11.7 Å². The molecule has 7 nitrogen and oxygen atoms in total. The molecule has 2 heterocycles. The van der Waals surface area contributed by atoms with Gasteiger partial charge < -0.3 is 14.2 Å². The Labute approximate surface area is 141 Å². The van der Waals surface area contributed by atoms with Crippen molar-refractivity contribution in [1.82, 2.24) is 14.5 Å². The Morgan fingerprint density at radius 3 is 2.50 bits per heavy atom. The molecule has 0 saturated carbocycles. The van der Waals surface area contributed by atoms with Crippen LogP contribution >= 0.6 is 0 Å². The molecule has 0 aliphatic carbocycles. The number of ether oxygens (including phenoxy) is 1. The van der Waals surface area contributed by atoms with Crippen molar-refractivity contribution >= 4 is 17.7 Å². The Kier molecular flexibility index (Phi) is 5.68. The lowest BCUT2D eigenvalue weighted by atomic mass is 10.1. The Morgan fingerprint density at radius 1 is 1.25 bits per heavy atom. The maximum atomic E-state index is 12.3. The molecule has 2 aromatic heterocycles. The van der Waals surface area contributed by atoms with Crippen LogP contribution in [0.2, 0.25) is 0 Å². The molecule has 0 amide bonds. The monoisotopic (exact) mass is 330 g/mol. The van der Waals surface area contributed by atoms with Crippen LogP contribution in [0.15, 0.2) is 24.5 Å². The van der Waals surface area contributed by atoms with Gasteiger partial charge in [-0.25, -0.2) is 9.97 Å². The average Bonchev–Trinajstić information content (AvgIpc) is 2.87. The van der Waals surface area contributed by atoms with E-state index in [0.717, 1.165) is 17.9 Å². The number of hydrogen-bond donors (Lipinski definition) is 0. The van der Waals surface area contributed by atoms with Crippen LogP contribution in [0.25, 0.3) is 0 Å². The summed E-state index contributed by atoms with van der Waals surface area (Å²) in [5, 5.41) is 0. The molecule has 0 aliphatic heterocycles. The first-order valence-corrected chi connectivity index (χ1v) is 7.77. The van der Waals surface area contributed by atoms with Crippen LogP contribution in [-0.2, 0) is 16.1 Å². The summed E-state index contributed by atoms with van der Waals surface area (Å²) in [6.45, 7) is 6.38. The van der Waals surface area contributed by atoms with E-state index in [1.807, 2.05) is 26.8 Å². The first-order valence-electron chi connectivity index (χ1n) is 7.77. The van der Waals surface area contributed by atoms with Crippen molar-refractivity contribution in [1.29, 1.82) is 0 Å². The van der Waals surface area contributed by atoms with Crippen LogP contribution in [-0.4, -0.2) is 46.5 Å². The average molecular weight is 330 g/mol. The molecule has 0 unspecified atom stereocenters. The van der Waals surface area contributed by atoms with Crippen molar-refractivity contribution in [3.8, 4) is 0 Å². The van der Waals surface area contributed by atoms with Gasteiger partial charge in [-0.2, -0.15) is 0 Å². The van der Waals surface area contributed by atoms with Gasteiger partial charge in [-0.05, 0) is 32.9 Å².